The maximum absolute atomic E-state index is 6.56. The van der Waals surface area contributed by atoms with Gasteiger partial charge < -0.3 is 18.6 Å². The number of hydrogen-bond acceptors (Lipinski definition) is 6. The summed E-state index contributed by atoms with van der Waals surface area (Å²) in [7, 11) is 0. The Kier molecular flexibility index (Phi) is 7.84. The standard InChI is InChI=1S/C34H32Cl2N4O2/c1-5-39(6-2)29-19-31-27(17-25(29)35)37-33(41-31)23-13-9-21(10-14-23)22-11-15-24(16-12-22)34-38-28-18-26(36)30(20-32(28)42-34)40(7-3)8-4/h9-20H,5-8H2,1-4H3. The Labute approximate surface area is 255 Å². The van der Waals surface area contributed by atoms with Crippen molar-refractivity contribution in [2.45, 2.75) is 27.7 Å². The fraction of sp³-hybridized carbons (Fsp3) is 0.235. The molecule has 6 nitrogen and oxygen atoms in total. The summed E-state index contributed by atoms with van der Waals surface area (Å²) >= 11 is 13.1. The Morgan fingerprint density at radius 1 is 0.524 bits per heavy atom. The lowest BCUT2D eigenvalue weighted by Crippen LogP contribution is -2.22. The lowest BCUT2D eigenvalue weighted by atomic mass is 10.0. The van der Waals surface area contributed by atoms with Gasteiger partial charge in [-0.2, -0.15) is 0 Å². The van der Waals surface area contributed by atoms with Crippen molar-refractivity contribution in [2.75, 3.05) is 36.0 Å². The smallest absolute Gasteiger partial charge is 0.227 e. The predicted octanol–water partition coefficient (Wildman–Crippen LogP) is 9.97. The average molecular weight is 600 g/mol. The zero-order chi connectivity index (χ0) is 29.4. The van der Waals surface area contributed by atoms with Crippen LogP contribution in [0.15, 0.2) is 81.6 Å². The number of rotatable bonds is 9. The van der Waals surface area contributed by atoms with Gasteiger partial charge in [0.15, 0.2) is 11.2 Å². The number of nitrogens with zero attached hydrogens (tertiary/aromatic N) is 4. The van der Waals surface area contributed by atoms with Crippen LogP contribution in [-0.2, 0) is 0 Å². The van der Waals surface area contributed by atoms with Gasteiger partial charge in [0.1, 0.15) is 11.0 Å². The number of aromatic nitrogens is 2. The average Bonchev–Trinajstić information content (AvgIpc) is 3.62. The van der Waals surface area contributed by atoms with Crippen molar-refractivity contribution < 1.29 is 8.83 Å². The molecule has 0 unspecified atom stereocenters. The van der Waals surface area contributed by atoms with Crippen LogP contribution in [0.2, 0.25) is 10.0 Å². The molecule has 0 atom stereocenters. The summed E-state index contributed by atoms with van der Waals surface area (Å²) in [4.78, 5) is 13.8. The minimum absolute atomic E-state index is 0.569. The highest BCUT2D eigenvalue weighted by Gasteiger charge is 2.16. The molecule has 2 aromatic heterocycles. The van der Waals surface area contributed by atoms with E-state index in [9.17, 15) is 0 Å². The second-order valence-corrected chi connectivity index (χ2v) is 10.9. The van der Waals surface area contributed by atoms with Crippen LogP contribution in [0.5, 0.6) is 0 Å². The minimum atomic E-state index is 0.569. The van der Waals surface area contributed by atoms with Gasteiger partial charge in [0.05, 0.1) is 21.4 Å². The molecule has 2 heterocycles. The molecule has 6 rings (SSSR count). The fourth-order valence-corrected chi connectivity index (χ4v) is 5.90. The van der Waals surface area contributed by atoms with E-state index in [-0.39, 0.29) is 0 Å². The molecule has 0 aliphatic rings. The SMILES string of the molecule is CCN(CC)c1cc2oc(-c3ccc(-c4ccc(-c5nc6cc(Cl)c(N(CC)CC)cc6o5)cc4)cc3)nc2cc1Cl. The predicted molar refractivity (Wildman–Crippen MR) is 175 cm³/mol. The van der Waals surface area contributed by atoms with Crippen LogP contribution < -0.4 is 9.80 Å². The van der Waals surface area contributed by atoms with Crippen molar-refractivity contribution in [3.8, 4) is 34.0 Å². The number of hydrogen-bond donors (Lipinski definition) is 0. The zero-order valence-electron chi connectivity index (χ0n) is 24.1. The summed E-state index contributed by atoms with van der Waals surface area (Å²) in [6.45, 7) is 11.9. The molecule has 0 fully saturated rings. The van der Waals surface area contributed by atoms with E-state index in [1.807, 2.05) is 48.5 Å². The van der Waals surface area contributed by atoms with E-state index in [0.717, 1.165) is 82.0 Å². The van der Waals surface area contributed by atoms with Gasteiger partial charge in [0.2, 0.25) is 11.8 Å². The first-order chi connectivity index (χ1) is 20.4. The van der Waals surface area contributed by atoms with E-state index >= 15 is 0 Å². The molecule has 8 heteroatoms. The highest BCUT2D eigenvalue weighted by atomic mass is 35.5. The van der Waals surface area contributed by atoms with Crippen molar-refractivity contribution >= 4 is 56.8 Å². The van der Waals surface area contributed by atoms with Gasteiger partial charge in [0.25, 0.3) is 0 Å². The monoisotopic (exact) mass is 598 g/mol. The molecule has 0 spiro atoms. The Morgan fingerprint density at radius 3 is 1.19 bits per heavy atom. The van der Waals surface area contributed by atoms with E-state index < -0.39 is 0 Å². The Morgan fingerprint density at radius 2 is 0.857 bits per heavy atom. The molecule has 42 heavy (non-hydrogen) atoms. The highest BCUT2D eigenvalue weighted by molar-refractivity contribution is 6.34. The van der Waals surface area contributed by atoms with Crippen molar-refractivity contribution in [3.63, 3.8) is 0 Å². The normalized spacial score (nSPS) is 11.5. The first-order valence-electron chi connectivity index (χ1n) is 14.3. The molecule has 0 aliphatic carbocycles. The van der Waals surface area contributed by atoms with Gasteiger partial charge in [-0.25, -0.2) is 9.97 Å². The van der Waals surface area contributed by atoms with E-state index in [4.69, 9.17) is 42.0 Å². The lowest BCUT2D eigenvalue weighted by Gasteiger charge is -2.21. The maximum Gasteiger partial charge on any atom is 0.227 e. The maximum atomic E-state index is 6.56. The molecule has 0 radical (unpaired) electrons. The zero-order valence-corrected chi connectivity index (χ0v) is 25.6. The van der Waals surface area contributed by atoms with Crippen molar-refractivity contribution in [1.29, 1.82) is 0 Å². The van der Waals surface area contributed by atoms with E-state index in [0.29, 0.717) is 21.8 Å². The van der Waals surface area contributed by atoms with E-state index in [1.165, 1.54) is 0 Å². The first kappa shape index (κ1) is 28.1. The number of anilines is 2. The Hall–Kier alpha value is -4.00. The summed E-state index contributed by atoms with van der Waals surface area (Å²) in [5, 5.41) is 1.35. The third-order valence-electron chi connectivity index (χ3n) is 7.72. The van der Waals surface area contributed by atoms with Crippen LogP contribution in [0.1, 0.15) is 27.7 Å². The molecule has 0 N–H and O–H groups in total. The molecular formula is C34H32Cl2N4O2. The third kappa shape index (κ3) is 5.21. The number of fused-ring (bicyclic) bond motifs is 2. The van der Waals surface area contributed by atoms with Crippen LogP contribution in [-0.4, -0.2) is 36.1 Å². The van der Waals surface area contributed by atoms with Crippen LogP contribution >= 0.6 is 23.2 Å². The summed E-state index contributed by atoms with van der Waals surface area (Å²) in [5.74, 6) is 1.14. The molecular weight excluding hydrogens is 567 g/mol. The second kappa shape index (κ2) is 11.7. The largest absolute Gasteiger partial charge is 0.436 e. The van der Waals surface area contributed by atoms with Gasteiger partial charge in [-0.3, -0.25) is 0 Å². The van der Waals surface area contributed by atoms with Crippen molar-refractivity contribution in [3.05, 3.63) is 82.8 Å². The third-order valence-corrected chi connectivity index (χ3v) is 8.32. The van der Waals surface area contributed by atoms with Crippen molar-refractivity contribution in [2.24, 2.45) is 0 Å². The minimum Gasteiger partial charge on any atom is -0.436 e. The van der Waals surface area contributed by atoms with Crippen LogP contribution in [0.3, 0.4) is 0 Å². The summed E-state index contributed by atoms with van der Waals surface area (Å²) in [6, 6.07) is 24.1. The number of halogens is 2. The molecule has 0 aliphatic heterocycles. The lowest BCUT2D eigenvalue weighted by molar-refractivity contribution is 0.619. The van der Waals surface area contributed by atoms with E-state index in [1.54, 1.807) is 0 Å². The Bertz CT molecular complexity index is 1710. The van der Waals surface area contributed by atoms with Crippen molar-refractivity contribution in [1.82, 2.24) is 9.97 Å². The van der Waals surface area contributed by atoms with Crippen LogP contribution in [0.25, 0.3) is 56.2 Å². The topological polar surface area (TPSA) is 58.5 Å². The molecule has 4 aromatic carbocycles. The summed E-state index contributed by atoms with van der Waals surface area (Å²) < 4.78 is 12.3. The quantitative estimate of drug-likeness (QED) is 0.165. The molecule has 0 bridgehead atoms. The highest BCUT2D eigenvalue weighted by Crippen LogP contribution is 2.36. The summed E-state index contributed by atoms with van der Waals surface area (Å²) in [5.41, 5.74) is 8.84. The number of benzene rings is 4. The van der Waals surface area contributed by atoms with E-state index in [2.05, 4.69) is 61.8 Å². The van der Waals surface area contributed by atoms with Gasteiger partial charge in [-0.05, 0) is 75.2 Å². The second-order valence-electron chi connectivity index (χ2n) is 10.1. The number of oxazole rings is 2. The molecule has 0 saturated carbocycles. The van der Waals surface area contributed by atoms with Crippen LogP contribution in [0.4, 0.5) is 11.4 Å². The molecule has 214 valence electrons. The fourth-order valence-electron chi connectivity index (χ4n) is 5.35. The molecule has 0 amide bonds. The van der Waals surface area contributed by atoms with Gasteiger partial charge in [-0.15, -0.1) is 0 Å². The Balaban J connectivity index is 1.23. The molecule has 6 aromatic rings. The van der Waals surface area contributed by atoms with Gasteiger partial charge in [-0.1, -0.05) is 47.5 Å². The summed E-state index contributed by atoms with van der Waals surface area (Å²) in [6.07, 6.45) is 0. The first-order valence-corrected chi connectivity index (χ1v) is 15.1. The van der Waals surface area contributed by atoms with Crippen LogP contribution in [0, 0.1) is 0 Å². The van der Waals surface area contributed by atoms with Gasteiger partial charge in [0, 0.05) is 49.4 Å². The molecule has 0 saturated heterocycles. The van der Waals surface area contributed by atoms with Gasteiger partial charge >= 0.3 is 0 Å².